The van der Waals surface area contributed by atoms with E-state index in [2.05, 4.69) is 46.4 Å². The predicted octanol–water partition coefficient (Wildman–Crippen LogP) is 2.48. The van der Waals surface area contributed by atoms with E-state index in [0.29, 0.717) is 11.1 Å². The molecule has 0 bridgehead atoms. The Hall–Kier alpha value is 0.0500. The highest BCUT2D eigenvalue weighted by atomic mass is 127. The van der Waals surface area contributed by atoms with Gasteiger partial charge in [0.05, 0.1) is 9.26 Å². The summed E-state index contributed by atoms with van der Waals surface area (Å²) in [6, 6.07) is 0. The van der Waals surface area contributed by atoms with Gasteiger partial charge in [-0.25, -0.2) is 18.4 Å². The largest absolute Gasteiger partial charge is 0.236 e. The lowest BCUT2D eigenvalue weighted by atomic mass is 10.1. The molecule has 0 radical (unpaired) electrons. The van der Waals surface area contributed by atoms with Crippen LogP contribution in [0.1, 0.15) is 25.4 Å². The van der Waals surface area contributed by atoms with Gasteiger partial charge in [0.2, 0.25) is 0 Å². The van der Waals surface area contributed by atoms with Gasteiger partial charge in [-0.3, -0.25) is 0 Å². The van der Waals surface area contributed by atoms with E-state index in [-0.39, 0.29) is 11.6 Å². The summed E-state index contributed by atoms with van der Waals surface area (Å²) in [5.74, 6) is 0.531. The van der Waals surface area contributed by atoms with E-state index in [4.69, 9.17) is 11.6 Å². The molecule has 1 rings (SSSR count). The fraction of sp³-hybridized carbons (Fsp3) is 0.600. The molecule has 0 saturated heterocycles. The zero-order valence-corrected chi connectivity index (χ0v) is 13.6. The minimum absolute atomic E-state index is 0.172. The molecule has 7 heteroatoms. The highest BCUT2D eigenvalue weighted by Gasteiger charge is 2.14. The van der Waals surface area contributed by atoms with Gasteiger partial charge < -0.3 is 0 Å². The van der Waals surface area contributed by atoms with Gasteiger partial charge in [0.1, 0.15) is 16.7 Å². The summed E-state index contributed by atoms with van der Waals surface area (Å²) in [4.78, 5) is 8.27. The maximum atomic E-state index is 11.2. The first-order valence-corrected chi connectivity index (χ1v) is 8.59. The van der Waals surface area contributed by atoms with Crippen LogP contribution in [0.5, 0.6) is 0 Å². The standard InChI is InChI=1S/C10H14ClIN2O2S/c1-6(2)4-7-9(12)10(11)14-8(13-7)5-17(3,15)16/h6H,4-5H2,1-3H3. The monoisotopic (exact) mass is 388 g/mol. The lowest BCUT2D eigenvalue weighted by Gasteiger charge is -2.09. The van der Waals surface area contributed by atoms with Crippen molar-refractivity contribution in [2.45, 2.75) is 26.0 Å². The molecule has 0 saturated carbocycles. The van der Waals surface area contributed by atoms with Gasteiger partial charge in [0.25, 0.3) is 0 Å². The van der Waals surface area contributed by atoms with Crippen molar-refractivity contribution in [3.8, 4) is 0 Å². The number of halogens is 2. The maximum Gasteiger partial charge on any atom is 0.154 e. The second-order valence-electron chi connectivity index (χ2n) is 4.36. The van der Waals surface area contributed by atoms with Crippen LogP contribution in [0.25, 0.3) is 0 Å². The van der Waals surface area contributed by atoms with Gasteiger partial charge in [0, 0.05) is 6.26 Å². The summed E-state index contributed by atoms with van der Waals surface area (Å²) in [5.41, 5.74) is 0.819. The molecule has 1 aromatic heterocycles. The van der Waals surface area contributed by atoms with Crippen molar-refractivity contribution >= 4 is 44.0 Å². The third kappa shape index (κ3) is 5.05. The van der Waals surface area contributed by atoms with Crippen LogP contribution < -0.4 is 0 Å². The van der Waals surface area contributed by atoms with Crippen molar-refractivity contribution in [1.29, 1.82) is 0 Å². The average Bonchev–Trinajstić information content (AvgIpc) is 2.09. The van der Waals surface area contributed by atoms with Crippen LogP contribution in [-0.4, -0.2) is 24.6 Å². The lowest BCUT2D eigenvalue weighted by Crippen LogP contribution is -2.10. The van der Waals surface area contributed by atoms with E-state index in [0.717, 1.165) is 21.9 Å². The number of hydrogen-bond acceptors (Lipinski definition) is 4. The summed E-state index contributed by atoms with van der Waals surface area (Å²) in [6.45, 7) is 4.14. The Morgan fingerprint density at radius 1 is 1.35 bits per heavy atom. The van der Waals surface area contributed by atoms with Gasteiger partial charge in [-0.1, -0.05) is 25.4 Å². The van der Waals surface area contributed by atoms with Gasteiger partial charge in [-0.2, -0.15) is 0 Å². The van der Waals surface area contributed by atoms with Crippen molar-refractivity contribution < 1.29 is 8.42 Å². The zero-order chi connectivity index (χ0) is 13.2. The first-order chi connectivity index (χ1) is 7.69. The Labute approximate surface area is 120 Å². The van der Waals surface area contributed by atoms with Crippen LogP contribution in [-0.2, 0) is 22.0 Å². The van der Waals surface area contributed by atoms with Crippen molar-refractivity contribution in [2.75, 3.05) is 6.26 Å². The van der Waals surface area contributed by atoms with Crippen molar-refractivity contribution in [3.63, 3.8) is 0 Å². The molecule has 17 heavy (non-hydrogen) atoms. The van der Waals surface area contributed by atoms with E-state index in [1.165, 1.54) is 0 Å². The summed E-state index contributed by atoms with van der Waals surface area (Å²) in [7, 11) is -3.14. The third-order valence-corrected chi connectivity index (χ3v) is 4.43. The SMILES string of the molecule is CC(C)Cc1nc(CS(C)(=O)=O)nc(Cl)c1I. The quantitative estimate of drug-likeness (QED) is 0.587. The normalized spacial score (nSPS) is 12.1. The summed E-state index contributed by atoms with van der Waals surface area (Å²) < 4.78 is 23.2. The van der Waals surface area contributed by atoms with Crippen LogP contribution in [0.3, 0.4) is 0 Å². The average molecular weight is 389 g/mol. The van der Waals surface area contributed by atoms with Gasteiger partial charge >= 0.3 is 0 Å². The van der Waals surface area contributed by atoms with Gasteiger partial charge in [-0.15, -0.1) is 0 Å². The zero-order valence-electron chi connectivity index (χ0n) is 9.87. The van der Waals surface area contributed by atoms with Crippen LogP contribution in [0.15, 0.2) is 0 Å². The highest BCUT2D eigenvalue weighted by Crippen LogP contribution is 2.22. The Kier molecular flexibility index (Phi) is 5.15. The summed E-state index contributed by atoms with van der Waals surface area (Å²) in [5, 5.41) is 0.329. The topological polar surface area (TPSA) is 59.9 Å². The number of nitrogens with zero attached hydrogens (tertiary/aromatic N) is 2. The maximum absolute atomic E-state index is 11.2. The first-order valence-electron chi connectivity index (χ1n) is 5.07. The van der Waals surface area contributed by atoms with Crippen LogP contribution >= 0.6 is 34.2 Å². The van der Waals surface area contributed by atoms with Gasteiger partial charge in [-0.05, 0) is 34.9 Å². The number of aromatic nitrogens is 2. The second-order valence-corrected chi connectivity index (χ2v) is 7.94. The van der Waals surface area contributed by atoms with Crippen molar-refractivity contribution in [2.24, 2.45) is 5.92 Å². The molecule has 0 aromatic carbocycles. The summed E-state index contributed by atoms with van der Waals surface area (Å²) in [6.07, 6.45) is 1.92. The molecule has 1 aromatic rings. The Morgan fingerprint density at radius 3 is 2.41 bits per heavy atom. The van der Waals surface area contributed by atoms with E-state index >= 15 is 0 Å². The Balaban J connectivity index is 3.14. The number of sulfone groups is 1. The highest BCUT2D eigenvalue weighted by molar-refractivity contribution is 14.1. The Bertz CT molecular complexity index is 517. The minimum atomic E-state index is -3.14. The lowest BCUT2D eigenvalue weighted by molar-refractivity contribution is 0.598. The van der Waals surface area contributed by atoms with E-state index < -0.39 is 9.84 Å². The van der Waals surface area contributed by atoms with Gasteiger partial charge in [0.15, 0.2) is 9.84 Å². The molecule has 0 aliphatic carbocycles. The second kappa shape index (κ2) is 5.79. The molecule has 0 N–H and O–H groups in total. The molecule has 0 spiro atoms. The van der Waals surface area contributed by atoms with Crippen LogP contribution in [0.4, 0.5) is 0 Å². The molecule has 0 aliphatic heterocycles. The molecule has 4 nitrogen and oxygen atoms in total. The predicted molar refractivity (Wildman–Crippen MR) is 76.8 cm³/mol. The summed E-state index contributed by atoms with van der Waals surface area (Å²) >= 11 is 8.06. The third-order valence-electron chi connectivity index (χ3n) is 1.92. The smallest absolute Gasteiger partial charge is 0.154 e. The van der Waals surface area contributed by atoms with Crippen LogP contribution in [0, 0.1) is 9.49 Å². The van der Waals surface area contributed by atoms with Crippen molar-refractivity contribution in [1.82, 2.24) is 9.97 Å². The van der Waals surface area contributed by atoms with E-state index in [1.54, 1.807) is 0 Å². The molecule has 1 heterocycles. The molecule has 96 valence electrons. The van der Waals surface area contributed by atoms with Crippen molar-refractivity contribution in [3.05, 3.63) is 20.2 Å². The number of rotatable bonds is 4. The molecular weight excluding hydrogens is 375 g/mol. The number of hydrogen-bond donors (Lipinski definition) is 0. The van der Waals surface area contributed by atoms with Crippen LogP contribution in [0.2, 0.25) is 5.15 Å². The molecular formula is C10H14ClIN2O2S. The first kappa shape index (κ1) is 15.1. The molecule has 0 fully saturated rings. The molecule has 0 unspecified atom stereocenters. The fourth-order valence-electron chi connectivity index (χ4n) is 1.33. The van der Waals surface area contributed by atoms with E-state index in [1.807, 2.05) is 0 Å². The fourth-order valence-corrected chi connectivity index (χ4v) is 2.60. The Morgan fingerprint density at radius 2 is 1.94 bits per heavy atom. The van der Waals surface area contributed by atoms with E-state index in [9.17, 15) is 8.42 Å². The molecule has 0 aliphatic rings. The molecule has 0 atom stereocenters. The minimum Gasteiger partial charge on any atom is -0.236 e. The molecule has 0 amide bonds.